The zero-order valence-corrected chi connectivity index (χ0v) is 14.6. The van der Waals surface area contributed by atoms with Crippen LogP contribution in [-0.2, 0) is 9.59 Å². The Bertz CT molecular complexity index is 1060. The molecule has 1 unspecified atom stereocenters. The molecule has 1 fully saturated rings. The summed E-state index contributed by atoms with van der Waals surface area (Å²) in [6.07, 6.45) is 3.09. The quantitative estimate of drug-likeness (QED) is 0.430. The van der Waals surface area contributed by atoms with Crippen LogP contribution in [0.2, 0.25) is 0 Å². The number of amides is 1. The van der Waals surface area contributed by atoms with Crippen LogP contribution in [-0.4, -0.2) is 21.8 Å². The number of aliphatic hydroxyl groups excluding tert-OH is 1. The standard InChI is InChI=1S/C22H15FN2O3/c23-16-6-8-17(9-7-16)25-19(14-10-12-24-13-11-14)18(21(27)22(25)28)20(26)15-4-2-1-3-5-15/h1-13,19,26H/b20-18-. The number of pyridine rings is 1. The van der Waals surface area contributed by atoms with Crippen molar-refractivity contribution in [3.8, 4) is 0 Å². The highest BCUT2D eigenvalue weighted by molar-refractivity contribution is 6.51. The van der Waals surface area contributed by atoms with Crippen molar-refractivity contribution in [2.75, 3.05) is 4.90 Å². The average Bonchev–Trinajstić information content (AvgIpc) is 3.00. The van der Waals surface area contributed by atoms with Crippen LogP contribution in [0.3, 0.4) is 0 Å². The first-order chi connectivity index (χ1) is 13.6. The number of Topliss-reactive ketones (excluding diaryl/α,β-unsaturated/α-hetero) is 1. The van der Waals surface area contributed by atoms with Gasteiger partial charge in [-0.15, -0.1) is 0 Å². The molecule has 1 aromatic heterocycles. The van der Waals surface area contributed by atoms with Crippen LogP contribution in [0.4, 0.5) is 10.1 Å². The van der Waals surface area contributed by atoms with Crippen molar-refractivity contribution < 1.29 is 19.1 Å². The predicted molar refractivity (Wildman–Crippen MR) is 102 cm³/mol. The SMILES string of the molecule is O=C1C(=O)N(c2ccc(F)cc2)C(c2ccncc2)/C1=C(/O)c1ccccc1. The van der Waals surface area contributed by atoms with Crippen LogP contribution in [0.25, 0.3) is 5.76 Å². The Morgan fingerprint density at radius 3 is 2.21 bits per heavy atom. The molecular formula is C22H15FN2O3. The van der Waals surface area contributed by atoms with Gasteiger partial charge in [0, 0.05) is 23.6 Å². The maximum atomic E-state index is 13.4. The Hall–Kier alpha value is -3.80. The molecule has 1 amide bonds. The number of hydrogen-bond donors (Lipinski definition) is 1. The van der Waals surface area contributed by atoms with Crippen molar-refractivity contribution in [3.63, 3.8) is 0 Å². The molecule has 1 N–H and O–H groups in total. The maximum Gasteiger partial charge on any atom is 0.300 e. The van der Waals surface area contributed by atoms with Crippen LogP contribution in [0.5, 0.6) is 0 Å². The van der Waals surface area contributed by atoms with Crippen LogP contribution in [0.1, 0.15) is 17.2 Å². The van der Waals surface area contributed by atoms with Gasteiger partial charge in [0.15, 0.2) is 0 Å². The molecule has 0 aliphatic carbocycles. The second-order valence-corrected chi connectivity index (χ2v) is 6.29. The van der Waals surface area contributed by atoms with E-state index in [0.29, 0.717) is 16.8 Å². The molecule has 1 saturated heterocycles. The van der Waals surface area contributed by atoms with E-state index in [9.17, 15) is 19.1 Å². The predicted octanol–water partition coefficient (Wildman–Crippen LogP) is 3.85. The number of ketones is 1. The zero-order valence-electron chi connectivity index (χ0n) is 14.6. The lowest BCUT2D eigenvalue weighted by molar-refractivity contribution is -0.132. The minimum atomic E-state index is -0.853. The average molecular weight is 374 g/mol. The number of halogens is 1. The van der Waals surface area contributed by atoms with Gasteiger partial charge in [-0.25, -0.2) is 4.39 Å². The summed E-state index contributed by atoms with van der Waals surface area (Å²) in [5.74, 6) is -2.30. The molecule has 6 heteroatoms. The maximum absolute atomic E-state index is 13.4. The summed E-state index contributed by atoms with van der Waals surface area (Å²) in [4.78, 5) is 30.9. The number of benzene rings is 2. The van der Waals surface area contributed by atoms with Crippen LogP contribution in [0, 0.1) is 5.82 Å². The first-order valence-electron chi connectivity index (χ1n) is 8.60. The molecule has 2 aromatic carbocycles. The van der Waals surface area contributed by atoms with E-state index in [1.165, 1.54) is 29.2 Å². The number of nitrogens with zero attached hydrogens (tertiary/aromatic N) is 2. The molecule has 5 nitrogen and oxygen atoms in total. The van der Waals surface area contributed by atoms with E-state index in [1.807, 2.05) is 0 Å². The molecule has 138 valence electrons. The molecule has 1 atom stereocenters. The highest BCUT2D eigenvalue weighted by Gasteiger charge is 2.46. The Labute approximate surface area is 160 Å². The van der Waals surface area contributed by atoms with Crippen molar-refractivity contribution in [2.45, 2.75) is 6.04 Å². The van der Waals surface area contributed by atoms with Gasteiger partial charge in [0.25, 0.3) is 11.7 Å². The van der Waals surface area contributed by atoms with Crippen LogP contribution in [0.15, 0.2) is 84.7 Å². The summed E-state index contributed by atoms with van der Waals surface area (Å²) >= 11 is 0. The number of hydrogen-bond acceptors (Lipinski definition) is 4. The van der Waals surface area contributed by atoms with Gasteiger partial charge in [-0.05, 0) is 42.0 Å². The molecule has 3 aromatic rings. The number of carbonyl (C=O) groups excluding carboxylic acids is 2. The number of anilines is 1. The molecule has 2 heterocycles. The van der Waals surface area contributed by atoms with E-state index in [1.54, 1.807) is 54.9 Å². The van der Waals surface area contributed by atoms with Gasteiger partial charge in [0.1, 0.15) is 11.6 Å². The fraction of sp³-hybridized carbons (Fsp3) is 0.0455. The highest BCUT2D eigenvalue weighted by Crippen LogP contribution is 2.41. The number of aliphatic hydroxyl groups is 1. The molecule has 1 aliphatic rings. The molecular weight excluding hydrogens is 359 g/mol. The first-order valence-corrected chi connectivity index (χ1v) is 8.60. The number of carbonyl (C=O) groups is 2. The van der Waals surface area contributed by atoms with Crippen LogP contribution < -0.4 is 4.90 Å². The van der Waals surface area contributed by atoms with Gasteiger partial charge >= 0.3 is 0 Å². The van der Waals surface area contributed by atoms with E-state index < -0.39 is 23.5 Å². The topological polar surface area (TPSA) is 70.5 Å². The Balaban J connectivity index is 1.94. The Kier molecular flexibility index (Phi) is 4.45. The second-order valence-electron chi connectivity index (χ2n) is 6.29. The minimum Gasteiger partial charge on any atom is -0.507 e. The Morgan fingerprint density at radius 2 is 1.57 bits per heavy atom. The van der Waals surface area contributed by atoms with Crippen molar-refractivity contribution >= 4 is 23.1 Å². The summed E-state index contributed by atoms with van der Waals surface area (Å²) in [6.45, 7) is 0. The van der Waals surface area contributed by atoms with E-state index >= 15 is 0 Å². The van der Waals surface area contributed by atoms with Gasteiger partial charge in [-0.2, -0.15) is 0 Å². The third kappa shape index (κ3) is 2.95. The lowest BCUT2D eigenvalue weighted by atomic mass is 9.96. The van der Waals surface area contributed by atoms with Crippen molar-refractivity contribution in [2.24, 2.45) is 0 Å². The number of rotatable bonds is 3. The zero-order chi connectivity index (χ0) is 19.7. The van der Waals surface area contributed by atoms with Crippen LogP contribution >= 0.6 is 0 Å². The molecule has 28 heavy (non-hydrogen) atoms. The second kappa shape index (κ2) is 7.08. The van der Waals surface area contributed by atoms with Gasteiger partial charge in [-0.1, -0.05) is 30.3 Å². The molecule has 0 spiro atoms. The third-order valence-electron chi connectivity index (χ3n) is 4.62. The molecule has 1 aliphatic heterocycles. The molecule has 4 rings (SSSR count). The first kappa shape index (κ1) is 17.6. The summed E-state index contributed by atoms with van der Waals surface area (Å²) in [7, 11) is 0. The third-order valence-corrected chi connectivity index (χ3v) is 4.62. The summed E-state index contributed by atoms with van der Waals surface area (Å²) in [5, 5.41) is 10.9. The summed E-state index contributed by atoms with van der Waals surface area (Å²) in [5.41, 5.74) is 1.37. The van der Waals surface area contributed by atoms with E-state index in [4.69, 9.17) is 0 Å². The highest BCUT2D eigenvalue weighted by atomic mass is 19.1. The summed E-state index contributed by atoms with van der Waals surface area (Å²) < 4.78 is 13.4. The fourth-order valence-electron chi connectivity index (χ4n) is 3.31. The van der Waals surface area contributed by atoms with Gasteiger partial charge in [0.05, 0.1) is 11.6 Å². The van der Waals surface area contributed by atoms with E-state index in [0.717, 1.165) is 0 Å². The lowest BCUT2D eigenvalue weighted by Gasteiger charge is -2.25. The lowest BCUT2D eigenvalue weighted by Crippen LogP contribution is -2.29. The Morgan fingerprint density at radius 1 is 0.929 bits per heavy atom. The smallest absolute Gasteiger partial charge is 0.300 e. The van der Waals surface area contributed by atoms with E-state index in [-0.39, 0.29) is 11.3 Å². The number of aromatic nitrogens is 1. The normalized spacial score (nSPS) is 18.5. The van der Waals surface area contributed by atoms with Gasteiger partial charge in [-0.3, -0.25) is 19.5 Å². The summed E-state index contributed by atoms with van der Waals surface area (Å²) in [6, 6.07) is 16.3. The molecule has 0 bridgehead atoms. The monoisotopic (exact) mass is 374 g/mol. The largest absolute Gasteiger partial charge is 0.507 e. The van der Waals surface area contributed by atoms with Gasteiger partial charge in [0.2, 0.25) is 0 Å². The van der Waals surface area contributed by atoms with Gasteiger partial charge < -0.3 is 5.11 Å². The minimum absolute atomic E-state index is 0.0216. The molecule has 0 radical (unpaired) electrons. The molecule has 0 saturated carbocycles. The van der Waals surface area contributed by atoms with E-state index in [2.05, 4.69) is 4.98 Å². The van der Waals surface area contributed by atoms with Crippen molar-refractivity contribution in [1.82, 2.24) is 4.98 Å². The fourth-order valence-corrected chi connectivity index (χ4v) is 3.31. The van der Waals surface area contributed by atoms with Crippen molar-refractivity contribution in [1.29, 1.82) is 0 Å². The van der Waals surface area contributed by atoms with Crippen molar-refractivity contribution in [3.05, 3.63) is 102 Å².